The molecule has 5 heteroatoms. The molecule has 4 N–H and O–H groups in total. The summed E-state index contributed by atoms with van der Waals surface area (Å²) in [6.07, 6.45) is 0. The van der Waals surface area contributed by atoms with Gasteiger partial charge in [-0.2, -0.15) is 5.10 Å². The third-order valence-electron chi connectivity index (χ3n) is 2.68. The molecular weight excluding hydrogens is 216 g/mol. The zero-order valence-corrected chi connectivity index (χ0v) is 10.2. The molecule has 0 aliphatic heterocycles. The number of hydrogen-bond donors (Lipinski definition) is 3. The molecule has 0 saturated carbocycles. The second-order valence-corrected chi connectivity index (χ2v) is 4.29. The van der Waals surface area contributed by atoms with Gasteiger partial charge in [0, 0.05) is 5.56 Å². The van der Waals surface area contributed by atoms with Crippen LogP contribution >= 0.6 is 0 Å². The molecule has 1 aromatic carbocycles. The van der Waals surface area contributed by atoms with Gasteiger partial charge in [-0.15, -0.1) is 0 Å². The predicted molar refractivity (Wildman–Crippen MR) is 65.6 cm³/mol. The van der Waals surface area contributed by atoms with Crippen LogP contribution in [-0.4, -0.2) is 20.3 Å². The van der Waals surface area contributed by atoms with E-state index in [1.807, 2.05) is 32.9 Å². The molecule has 0 saturated heterocycles. The highest BCUT2D eigenvalue weighted by molar-refractivity contribution is 5.60. The summed E-state index contributed by atoms with van der Waals surface area (Å²) in [6, 6.07) is 3.54. The lowest BCUT2D eigenvalue weighted by Crippen LogP contribution is -2.06. The Kier molecular flexibility index (Phi) is 2.85. The van der Waals surface area contributed by atoms with E-state index in [1.165, 1.54) is 0 Å². The fraction of sp³-hybridized carbons (Fsp3) is 0.333. The number of aryl methyl sites for hydroxylation is 2. The highest BCUT2D eigenvalue weighted by Crippen LogP contribution is 2.27. The van der Waals surface area contributed by atoms with Crippen LogP contribution in [0.3, 0.4) is 0 Å². The number of nitrogens with zero attached hydrogens (tertiary/aromatic N) is 2. The fourth-order valence-electron chi connectivity index (χ4n) is 1.69. The van der Waals surface area contributed by atoms with Crippen LogP contribution in [-0.2, 0) is 0 Å². The Morgan fingerprint density at radius 3 is 2.35 bits per heavy atom. The number of nitrogens with two attached hydrogens (primary N) is 1. The van der Waals surface area contributed by atoms with E-state index in [2.05, 4.69) is 15.2 Å². The van der Waals surface area contributed by atoms with Crippen molar-refractivity contribution in [3.63, 3.8) is 0 Å². The van der Waals surface area contributed by atoms with Crippen LogP contribution < -0.4 is 5.73 Å². The van der Waals surface area contributed by atoms with E-state index in [9.17, 15) is 5.11 Å². The Bertz CT molecular complexity index is 522. The molecule has 1 atom stereocenters. The lowest BCUT2D eigenvalue weighted by molar-refractivity contribution is 0.467. The number of phenols is 1. The predicted octanol–water partition coefficient (Wildman–Crippen LogP) is 1.81. The van der Waals surface area contributed by atoms with Crippen molar-refractivity contribution >= 4 is 0 Å². The summed E-state index contributed by atoms with van der Waals surface area (Å²) in [7, 11) is 0. The SMILES string of the molecule is Cc1cc(-c2n[nH]c(C(C)N)n2)cc(C)c1O. The number of rotatable bonds is 2. The Labute approximate surface area is 99.7 Å². The van der Waals surface area contributed by atoms with Gasteiger partial charge in [0.1, 0.15) is 11.6 Å². The Morgan fingerprint density at radius 2 is 1.88 bits per heavy atom. The molecule has 1 aromatic heterocycles. The van der Waals surface area contributed by atoms with Crippen molar-refractivity contribution in [3.8, 4) is 17.1 Å². The highest BCUT2D eigenvalue weighted by Gasteiger charge is 2.11. The summed E-state index contributed by atoms with van der Waals surface area (Å²) >= 11 is 0. The van der Waals surface area contributed by atoms with E-state index in [1.54, 1.807) is 0 Å². The Hall–Kier alpha value is -1.88. The van der Waals surface area contributed by atoms with Crippen LogP contribution in [0.25, 0.3) is 11.4 Å². The molecule has 0 bridgehead atoms. The number of aromatic amines is 1. The van der Waals surface area contributed by atoms with Gasteiger partial charge in [0.2, 0.25) is 0 Å². The van der Waals surface area contributed by atoms with Gasteiger partial charge in [-0.25, -0.2) is 4.98 Å². The van der Waals surface area contributed by atoms with Gasteiger partial charge in [-0.05, 0) is 44.0 Å². The van der Waals surface area contributed by atoms with E-state index in [0.29, 0.717) is 17.4 Å². The third kappa shape index (κ3) is 2.14. The summed E-state index contributed by atoms with van der Waals surface area (Å²) in [6.45, 7) is 5.55. The Balaban J connectivity index is 2.46. The zero-order valence-electron chi connectivity index (χ0n) is 10.2. The van der Waals surface area contributed by atoms with Crippen molar-refractivity contribution in [1.82, 2.24) is 15.2 Å². The molecule has 90 valence electrons. The summed E-state index contributed by atoms with van der Waals surface area (Å²) in [4.78, 5) is 4.32. The molecule has 0 aliphatic carbocycles. The standard InChI is InChI=1S/C12H16N4O/c1-6-4-9(5-7(2)10(6)17)12-14-11(8(3)13)15-16-12/h4-5,8,17H,13H2,1-3H3,(H,14,15,16). The molecule has 1 heterocycles. The zero-order chi connectivity index (χ0) is 12.6. The van der Waals surface area contributed by atoms with Gasteiger partial charge in [0.25, 0.3) is 0 Å². The maximum Gasteiger partial charge on any atom is 0.181 e. The van der Waals surface area contributed by atoms with E-state index in [0.717, 1.165) is 16.7 Å². The van der Waals surface area contributed by atoms with E-state index >= 15 is 0 Å². The average Bonchev–Trinajstić information content (AvgIpc) is 2.74. The van der Waals surface area contributed by atoms with Crippen LogP contribution in [0.5, 0.6) is 5.75 Å². The van der Waals surface area contributed by atoms with Crippen LogP contribution in [0, 0.1) is 13.8 Å². The topological polar surface area (TPSA) is 87.8 Å². The maximum atomic E-state index is 9.70. The maximum absolute atomic E-state index is 9.70. The molecule has 5 nitrogen and oxygen atoms in total. The highest BCUT2D eigenvalue weighted by atomic mass is 16.3. The first-order valence-electron chi connectivity index (χ1n) is 5.47. The first kappa shape index (κ1) is 11.6. The largest absolute Gasteiger partial charge is 0.507 e. The van der Waals surface area contributed by atoms with E-state index < -0.39 is 0 Å². The number of hydrogen-bond acceptors (Lipinski definition) is 4. The van der Waals surface area contributed by atoms with Crippen molar-refractivity contribution < 1.29 is 5.11 Å². The van der Waals surface area contributed by atoms with Crippen molar-refractivity contribution in [3.05, 3.63) is 29.1 Å². The number of aromatic nitrogens is 3. The third-order valence-corrected chi connectivity index (χ3v) is 2.68. The summed E-state index contributed by atoms with van der Waals surface area (Å²) in [5.41, 5.74) is 8.22. The first-order valence-corrected chi connectivity index (χ1v) is 5.47. The summed E-state index contributed by atoms with van der Waals surface area (Å²) < 4.78 is 0. The normalized spacial score (nSPS) is 12.7. The average molecular weight is 232 g/mol. The van der Waals surface area contributed by atoms with Gasteiger partial charge in [0.05, 0.1) is 6.04 Å². The minimum absolute atomic E-state index is 0.171. The molecule has 1 unspecified atom stereocenters. The van der Waals surface area contributed by atoms with Gasteiger partial charge in [-0.3, -0.25) is 5.10 Å². The van der Waals surface area contributed by atoms with Crippen LogP contribution in [0.15, 0.2) is 12.1 Å². The summed E-state index contributed by atoms with van der Waals surface area (Å²) in [5.74, 6) is 1.57. The lowest BCUT2D eigenvalue weighted by Gasteiger charge is -2.05. The Morgan fingerprint density at radius 1 is 1.29 bits per heavy atom. The van der Waals surface area contributed by atoms with Crippen LogP contribution in [0.1, 0.15) is 29.9 Å². The second kappa shape index (κ2) is 4.18. The molecule has 17 heavy (non-hydrogen) atoms. The molecule has 2 rings (SSSR count). The molecule has 0 fully saturated rings. The van der Waals surface area contributed by atoms with Crippen molar-refractivity contribution in [2.45, 2.75) is 26.8 Å². The molecule has 2 aromatic rings. The van der Waals surface area contributed by atoms with Crippen LogP contribution in [0.2, 0.25) is 0 Å². The smallest absolute Gasteiger partial charge is 0.181 e. The monoisotopic (exact) mass is 232 g/mol. The number of aromatic hydroxyl groups is 1. The number of nitrogens with one attached hydrogen (secondary N) is 1. The van der Waals surface area contributed by atoms with Gasteiger partial charge in [0.15, 0.2) is 5.82 Å². The molecule has 0 aliphatic rings. The van der Waals surface area contributed by atoms with Crippen molar-refractivity contribution in [1.29, 1.82) is 0 Å². The number of H-pyrrole nitrogens is 1. The lowest BCUT2D eigenvalue weighted by atomic mass is 10.1. The minimum Gasteiger partial charge on any atom is -0.507 e. The molecule has 0 spiro atoms. The number of benzene rings is 1. The molecule has 0 radical (unpaired) electrons. The fourth-order valence-corrected chi connectivity index (χ4v) is 1.69. The first-order chi connectivity index (χ1) is 7.99. The van der Waals surface area contributed by atoms with Crippen LogP contribution in [0.4, 0.5) is 0 Å². The van der Waals surface area contributed by atoms with Crippen molar-refractivity contribution in [2.75, 3.05) is 0 Å². The quantitative estimate of drug-likeness (QED) is 0.736. The molecule has 0 amide bonds. The van der Waals surface area contributed by atoms with Gasteiger partial charge >= 0.3 is 0 Å². The summed E-state index contributed by atoms with van der Waals surface area (Å²) in [5, 5.41) is 16.6. The van der Waals surface area contributed by atoms with E-state index in [-0.39, 0.29) is 6.04 Å². The van der Waals surface area contributed by atoms with Crippen molar-refractivity contribution in [2.24, 2.45) is 5.73 Å². The minimum atomic E-state index is -0.171. The second-order valence-electron chi connectivity index (χ2n) is 4.29. The number of phenolic OH excluding ortho intramolecular Hbond substituents is 1. The van der Waals surface area contributed by atoms with E-state index in [4.69, 9.17) is 5.73 Å². The molecular formula is C12H16N4O. The van der Waals surface area contributed by atoms with Gasteiger partial charge < -0.3 is 10.8 Å². The van der Waals surface area contributed by atoms with Gasteiger partial charge in [-0.1, -0.05) is 0 Å².